The van der Waals surface area contributed by atoms with Gasteiger partial charge in [0.05, 0.1) is 0 Å². The van der Waals surface area contributed by atoms with E-state index >= 15 is 0 Å². The van der Waals surface area contributed by atoms with Gasteiger partial charge in [-0.15, -0.1) is 0 Å². The maximum Gasteiger partial charge on any atom is 0.256 e. The summed E-state index contributed by atoms with van der Waals surface area (Å²) in [6, 6.07) is 0. The highest BCUT2D eigenvalue weighted by atomic mass is 32.2. The van der Waals surface area contributed by atoms with Gasteiger partial charge in [-0.1, -0.05) is 0 Å². The van der Waals surface area contributed by atoms with Gasteiger partial charge >= 0.3 is 0 Å². The van der Waals surface area contributed by atoms with E-state index in [1.165, 1.54) is 27.9 Å². The van der Waals surface area contributed by atoms with E-state index < -0.39 is 20.7 Å². The molecule has 6 nitrogen and oxygen atoms in total. The Kier molecular flexibility index (Phi) is 3.42. The summed E-state index contributed by atoms with van der Waals surface area (Å²) in [5.74, 6) is 4.14. The number of hydrogen-bond acceptors (Lipinski definition) is 4. The summed E-state index contributed by atoms with van der Waals surface area (Å²) >= 11 is 0. The number of nitrogens with zero attached hydrogens (tertiary/aromatic N) is 1. The molecule has 0 rings (SSSR count). The summed E-state index contributed by atoms with van der Waals surface area (Å²) in [6.07, 6.45) is 0. The van der Waals surface area contributed by atoms with Crippen LogP contribution in [-0.4, -0.2) is 37.5 Å². The van der Waals surface area contributed by atoms with Gasteiger partial charge in [0, 0.05) is 14.1 Å². The number of nitrogens with two attached hydrogens (primary N) is 1. The predicted octanol–water partition coefficient (Wildman–Crippen LogP) is -1.35. The number of sulfonamides is 1. The molecular formula is C6H15N3O3S. The van der Waals surface area contributed by atoms with E-state index in [2.05, 4.69) is 0 Å². The zero-order valence-electron chi connectivity index (χ0n) is 8.16. The van der Waals surface area contributed by atoms with Crippen LogP contribution in [0.5, 0.6) is 0 Å². The van der Waals surface area contributed by atoms with Crippen LogP contribution in [0.15, 0.2) is 0 Å². The van der Waals surface area contributed by atoms with Crippen LogP contribution in [-0.2, 0) is 14.8 Å². The summed E-state index contributed by atoms with van der Waals surface area (Å²) in [6.45, 7) is 2.59. The van der Waals surface area contributed by atoms with E-state index in [4.69, 9.17) is 5.84 Å². The monoisotopic (exact) mass is 209 g/mol. The van der Waals surface area contributed by atoms with Crippen molar-refractivity contribution in [2.45, 2.75) is 18.6 Å². The number of hydrazine groups is 1. The van der Waals surface area contributed by atoms with Crippen molar-refractivity contribution in [3.05, 3.63) is 0 Å². The second-order valence-corrected chi connectivity index (χ2v) is 5.97. The average Bonchev–Trinajstić information content (AvgIpc) is 2.02. The smallest absolute Gasteiger partial charge is 0.256 e. The highest BCUT2D eigenvalue weighted by Gasteiger charge is 2.42. The number of carbonyl (C=O) groups is 1. The number of amides is 1. The van der Waals surface area contributed by atoms with Crippen molar-refractivity contribution in [1.29, 1.82) is 0 Å². The Morgan fingerprint density at radius 1 is 1.38 bits per heavy atom. The minimum absolute atomic E-state index is 0.735. The van der Waals surface area contributed by atoms with Crippen molar-refractivity contribution in [3.8, 4) is 0 Å². The standard InChI is InChI=1S/C6H15N3O3S/c1-6(2,5(10)8-7)13(11,12)9(3)4/h7H2,1-4H3,(H,8,10). The minimum atomic E-state index is -3.65. The SMILES string of the molecule is CN(C)S(=O)(=O)C(C)(C)C(=O)NN. The largest absolute Gasteiger partial charge is 0.293 e. The third-order valence-electron chi connectivity index (χ3n) is 1.80. The summed E-state index contributed by atoms with van der Waals surface area (Å²) in [5.41, 5.74) is 1.82. The van der Waals surface area contributed by atoms with Crippen LogP contribution in [0.1, 0.15) is 13.8 Å². The van der Waals surface area contributed by atoms with Crippen LogP contribution in [0.2, 0.25) is 0 Å². The van der Waals surface area contributed by atoms with Crippen molar-refractivity contribution in [2.24, 2.45) is 5.84 Å². The number of hydrogen-bond donors (Lipinski definition) is 2. The first-order valence-corrected chi connectivity index (χ1v) is 5.05. The molecule has 13 heavy (non-hydrogen) atoms. The lowest BCUT2D eigenvalue weighted by atomic mass is 10.2. The molecule has 0 saturated heterocycles. The Hall–Kier alpha value is -0.660. The first kappa shape index (κ1) is 12.3. The van der Waals surface area contributed by atoms with Gasteiger partial charge in [-0.25, -0.2) is 18.6 Å². The van der Waals surface area contributed by atoms with Crippen molar-refractivity contribution in [2.75, 3.05) is 14.1 Å². The third kappa shape index (κ3) is 1.98. The Morgan fingerprint density at radius 3 is 2.00 bits per heavy atom. The van der Waals surface area contributed by atoms with Crippen molar-refractivity contribution in [3.63, 3.8) is 0 Å². The molecule has 0 aromatic carbocycles. The molecule has 0 radical (unpaired) electrons. The average molecular weight is 209 g/mol. The fourth-order valence-electron chi connectivity index (χ4n) is 0.747. The van der Waals surface area contributed by atoms with Crippen LogP contribution in [0.3, 0.4) is 0 Å². The van der Waals surface area contributed by atoms with Crippen molar-refractivity contribution in [1.82, 2.24) is 9.73 Å². The molecule has 1 amide bonds. The molecule has 0 spiro atoms. The minimum Gasteiger partial charge on any atom is -0.293 e. The van der Waals surface area contributed by atoms with Gasteiger partial charge in [-0.05, 0) is 13.8 Å². The van der Waals surface area contributed by atoms with Crippen LogP contribution in [0, 0.1) is 0 Å². The molecule has 0 aliphatic heterocycles. The quantitative estimate of drug-likeness (QED) is 0.341. The highest BCUT2D eigenvalue weighted by molar-refractivity contribution is 7.91. The van der Waals surface area contributed by atoms with E-state index in [0.717, 1.165) is 4.31 Å². The number of carbonyl (C=O) groups excluding carboxylic acids is 1. The zero-order valence-corrected chi connectivity index (χ0v) is 8.97. The summed E-state index contributed by atoms with van der Waals surface area (Å²) in [7, 11) is -0.923. The fraction of sp³-hybridized carbons (Fsp3) is 0.833. The van der Waals surface area contributed by atoms with Crippen molar-refractivity contribution >= 4 is 15.9 Å². The molecule has 0 aromatic rings. The van der Waals surface area contributed by atoms with Gasteiger partial charge < -0.3 is 0 Å². The van der Waals surface area contributed by atoms with Gasteiger partial charge in [0.25, 0.3) is 5.91 Å². The van der Waals surface area contributed by atoms with E-state index in [-0.39, 0.29) is 0 Å². The number of rotatable bonds is 3. The molecule has 3 N–H and O–H groups in total. The second-order valence-electron chi connectivity index (χ2n) is 3.27. The van der Waals surface area contributed by atoms with Gasteiger partial charge in [0.15, 0.2) is 4.75 Å². The lowest BCUT2D eigenvalue weighted by molar-refractivity contribution is -0.123. The first-order valence-electron chi connectivity index (χ1n) is 3.61. The lowest BCUT2D eigenvalue weighted by Gasteiger charge is -2.25. The summed E-state index contributed by atoms with van der Waals surface area (Å²) in [5, 5.41) is 0. The fourth-order valence-corrected chi connectivity index (χ4v) is 1.95. The maximum absolute atomic E-state index is 11.6. The summed E-state index contributed by atoms with van der Waals surface area (Å²) in [4.78, 5) is 11.1. The molecule has 78 valence electrons. The van der Waals surface area contributed by atoms with Gasteiger partial charge in [-0.3, -0.25) is 10.2 Å². The van der Waals surface area contributed by atoms with Gasteiger partial charge in [0.2, 0.25) is 10.0 Å². The van der Waals surface area contributed by atoms with Crippen molar-refractivity contribution < 1.29 is 13.2 Å². The Bertz CT molecular complexity index is 294. The van der Waals surface area contributed by atoms with Crippen LogP contribution >= 0.6 is 0 Å². The molecule has 0 heterocycles. The molecule has 0 aromatic heterocycles. The van der Waals surface area contributed by atoms with Crippen LogP contribution < -0.4 is 11.3 Å². The first-order chi connectivity index (χ1) is 5.67. The molecule has 0 saturated carbocycles. The molecule has 0 atom stereocenters. The Labute approximate surface area is 78.1 Å². The lowest BCUT2D eigenvalue weighted by Crippen LogP contribution is -2.53. The van der Waals surface area contributed by atoms with E-state index in [0.29, 0.717) is 0 Å². The molecule has 7 heteroatoms. The Morgan fingerprint density at radius 2 is 1.77 bits per heavy atom. The molecule has 0 bridgehead atoms. The van der Waals surface area contributed by atoms with Gasteiger partial charge in [-0.2, -0.15) is 0 Å². The predicted molar refractivity (Wildman–Crippen MR) is 49.0 cm³/mol. The van der Waals surface area contributed by atoms with Gasteiger partial charge in [0.1, 0.15) is 0 Å². The number of nitrogens with one attached hydrogen (secondary N) is 1. The zero-order chi connectivity index (χ0) is 10.9. The van der Waals surface area contributed by atoms with E-state index in [9.17, 15) is 13.2 Å². The van der Waals surface area contributed by atoms with Crippen LogP contribution in [0.25, 0.3) is 0 Å². The van der Waals surface area contributed by atoms with E-state index in [1.807, 2.05) is 5.43 Å². The molecule has 0 aliphatic rings. The molecule has 0 unspecified atom stereocenters. The summed E-state index contributed by atoms with van der Waals surface area (Å²) < 4.78 is 22.6. The maximum atomic E-state index is 11.6. The topological polar surface area (TPSA) is 92.5 Å². The van der Waals surface area contributed by atoms with Crippen LogP contribution in [0.4, 0.5) is 0 Å². The third-order valence-corrected chi connectivity index (χ3v) is 4.24. The molecule has 0 aliphatic carbocycles. The Balaban J connectivity index is 5.17. The molecule has 0 fully saturated rings. The van der Waals surface area contributed by atoms with E-state index in [1.54, 1.807) is 0 Å². The highest BCUT2D eigenvalue weighted by Crippen LogP contribution is 2.18. The molecular weight excluding hydrogens is 194 g/mol. The second kappa shape index (κ2) is 3.60. The normalized spacial score (nSPS) is 13.1.